The van der Waals surface area contributed by atoms with Gasteiger partial charge in [0.2, 0.25) is 0 Å². The van der Waals surface area contributed by atoms with Crippen LogP contribution in [0.25, 0.3) is 10.6 Å². The van der Waals surface area contributed by atoms with Crippen LogP contribution in [0.1, 0.15) is 15.9 Å². The van der Waals surface area contributed by atoms with Crippen molar-refractivity contribution in [3.05, 3.63) is 65.2 Å². The molecule has 0 aliphatic carbocycles. The van der Waals surface area contributed by atoms with Crippen molar-refractivity contribution in [2.24, 2.45) is 0 Å². The first-order chi connectivity index (χ1) is 14.1. The predicted octanol–water partition coefficient (Wildman–Crippen LogP) is 2.37. The molecule has 3 amide bonds. The third-order valence-corrected chi connectivity index (χ3v) is 5.28. The molecule has 1 aliphatic rings. The van der Waals surface area contributed by atoms with E-state index in [1.165, 1.54) is 11.3 Å². The van der Waals surface area contributed by atoms with Crippen molar-refractivity contribution in [3.8, 4) is 10.6 Å². The quantitative estimate of drug-likeness (QED) is 0.630. The molecule has 29 heavy (non-hydrogen) atoms. The number of carbonyl (C=O) groups is 3. The van der Waals surface area contributed by atoms with E-state index in [2.05, 4.69) is 10.4 Å². The van der Waals surface area contributed by atoms with E-state index in [-0.39, 0.29) is 12.1 Å². The summed E-state index contributed by atoms with van der Waals surface area (Å²) in [6.07, 6.45) is 1.62. The molecule has 1 N–H and O–H groups in total. The molecular weight excluding hydrogens is 392 g/mol. The number of nitrogens with zero attached hydrogens (tertiary/aromatic N) is 3. The molecule has 0 atom stereocenters. The normalized spacial score (nSPS) is 13.4. The number of amides is 3. The van der Waals surface area contributed by atoms with Crippen molar-refractivity contribution in [1.29, 1.82) is 0 Å². The summed E-state index contributed by atoms with van der Waals surface area (Å²) in [7, 11) is 0. The minimum Gasteiger partial charge on any atom is -0.452 e. The van der Waals surface area contributed by atoms with Gasteiger partial charge < -0.3 is 10.1 Å². The number of aromatic nitrogens is 2. The number of benzene rings is 1. The summed E-state index contributed by atoms with van der Waals surface area (Å²) >= 11 is 1.46. The Kier molecular flexibility index (Phi) is 5.39. The molecule has 0 spiro atoms. The average Bonchev–Trinajstić information content (AvgIpc) is 3.47. The molecule has 0 radical (unpaired) electrons. The predicted molar refractivity (Wildman–Crippen MR) is 106 cm³/mol. The number of hydrogen-bond donors (Lipinski definition) is 1. The summed E-state index contributed by atoms with van der Waals surface area (Å²) < 4.78 is 6.87. The summed E-state index contributed by atoms with van der Waals surface area (Å²) in [5, 5.41) is 8.99. The molecule has 0 unspecified atom stereocenters. The van der Waals surface area contributed by atoms with Gasteiger partial charge in [-0.05, 0) is 17.0 Å². The molecule has 148 valence electrons. The van der Waals surface area contributed by atoms with Crippen LogP contribution in [0.5, 0.6) is 0 Å². The number of hydrogen-bond acceptors (Lipinski definition) is 6. The van der Waals surface area contributed by atoms with Gasteiger partial charge in [-0.1, -0.05) is 36.4 Å². The zero-order valence-corrected chi connectivity index (χ0v) is 16.2. The zero-order valence-electron chi connectivity index (χ0n) is 15.4. The van der Waals surface area contributed by atoms with E-state index in [1.807, 2.05) is 47.8 Å². The van der Waals surface area contributed by atoms with Crippen LogP contribution in [0.2, 0.25) is 0 Å². The number of esters is 1. The second-order valence-electron chi connectivity index (χ2n) is 6.41. The van der Waals surface area contributed by atoms with Crippen LogP contribution in [0, 0.1) is 0 Å². The fourth-order valence-corrected chi connectivity index (χ4v) is 3.73. The first-order valence-electron chi connectivity index (χ1n) is 9.02. The van der Waals surface area contributed by atoms with Gasteiger partial charge in [-0.2, -0.15) is 5.10 Å². The maximum absolute atomic E-state index is 12.7. The largest absolute Gasteiger partial charge is 0.452 e. The van der Waals surface area contributed by atoms with Crippen molar-refractivity contribution in [2.75, 3.05) is 19.7 Å². The molecule has 2 aromatic heterocycles. The van der Waals surface area contributed by atoms with E-state index in [4.69, 9.17) is 4.74 Å². The van der Waals surface area contributed by atoms with Crippen LogP contribution in [0.15, 0.2) is 54.0 Å². The Balaban J connectivity index is 1.52. The summed E-state index contributed by atoms with van der Waals surface area (Å²) in [4.78, 5) is 38.2. The van der Waals surface area contributed by atoms with Gasteiger partial charge in [-0.25, -0.2) is 9.59 Å². The lowest BCUT2D eigenvalue weighted by Crippen LogP contribution is -2.37. The molecule has 3 heterocycles. The highest BCUT2D eigenvalue weighted by Gasteiger charge is 2.28. The molecule has 1 saturated heterocycles. The van der Waals surface area contributed by atoms with Gasteiger partial charge in [0.25, 0.3) is 5.91 Å². The smallest absolute Gasteiger partial charge is 0.342 e. The van der Waals surface area contributed by atoms with Gasteiger partial charge in [0.1, 0.15) is 11.3 Å². The fraction of sp³-hybridized carbons (Fsp3) is 0.200. The van der Waals surface area contributed by atoms with E-state index in [1.54, 1.807) is 10.9 Å². The Labute approximate surface area is 170 Å². The topological polar surface area (TPSA) is 93.5 Å². The van der Waals surface area contributed by atoms with E-state index in [0.29, 0.717) is 18.8 Å². The number of rotatable bonds is 6. The molecule has 8 nitrogen and oxygen atoms in total. The van der Waals surface area contributed by atoms with Gasteiger partial charge in [0, 0.05) is 19.3 Å². The SMILES string of the molecule is O=C(OCC(=O)N1CCNC1=O)c1cn(Cc2ccccc2)nc1-c1cccs1. The third kappa shape index (κ3) is 4.19. The zero-order chi connectivity index (χ0) is 20.2. The monoisotopic (exact) mass is 410 g/mol. The lowest BCUT2D eigenvalue weighted by molar-refractivity contribution is -0.130. The van der Waals surface area contributed by atoms with Gasteiger partial charge in [-0.3, -0.25) is 14.4 Å². The fourth-order valence-electron chi connectivity index (χ4n) is 3.01. The van der Waals surface area contributed by atoms with E-state index in [0.717, 1.165) is 15.3 Å². The third-order valence-electron chi connectivity index (χ3n) is 4.41. The molecular formula is C20H18N4O4S. The summed E-state index contributed by atoms with van der Waals surface area (Å²) in [5.41, 5.74) is 1.83. The van der Waals surface area contributed by atoms with Crippen LogP contribution < -0.4 is 5.32 Å². The second kappa shape index (κ2) is 8.27. The Morgan fingerprint density at radius 1 is 1.17 bits per heavy atom. The van der Waals surface area contributed by atoms with Crippen molar-refractivity contribution in [1.82, 2.24) is 20.0 Å². The molecule has 0 saturated carbocycles. The molecule has 0 bridgehead atoms. The second-order valence-corrected chi connectivity index (χ2v) is 7.35. The van der Waals surface area contributed by atoms with Crippen LogP contribution in [-0.4, -0.2) is 52.3 Å². The molecule has 1 fully saturated rings. The number of thiophene rings is 1. The highest BCUT2D eigenvalue weighted by molar-refractivity contribution is 7.13. The van der Waals surface area contributed by atoms with Crippen LogP contribution >= 0.6 is 11.3 Å². The lowest BCUT2D eigenvalue weighted by atomic mass is 10.2. The summed E-state index contributed by atoms with van der Waals surface area (Å²) in [6, 6.07) is 13.0. The first kappa shape index (κ1) is 18.9. The number of carbonyl (C=O) groups excluding carboxylic acids is 3. The van der Waals surface area contributed by atoms with Gasteiger partial charge in [-0.15, -0.1) is 11.3 Å². The molecule has 1 aromatic carbocycles. The molecule has 9 heteroatoms. The highest BCUT2D eigenvalue weighted by atomic mass is 32.1. The average molecular weight is 410 g/mol. The molecule has 1 aliphatic heterocycles. The Morgan fingerprint density at radius 2 is 2.00 bits per heavy atom. The first-order valence-corrected chi connectivity index (χ1v) is 9.90. The molecule has 3 aromatic rings. The van der Waals surface area contributed by atoms with Gasteiger partial charge in [0.15, 0.2) is 6.61 Å². The molecule has 4 rings (SSSR count). The van der Waals surface area contributed by atoms with Crippen molar-refractivity contribution in [2.45, 2.75) is 6.54 Å². The van der Waals surface area contributed by atoms with Crippen LogP contribution in [0.3, 0.4) is 0 Å². The van der Waals surface area contributed by atoms with Crippen molar-refractivity contribution >= 4 is 29.2 Å². The minimum atomic E-state index is -0.652. The van der Waals surface area contributed by atoms with Gasteiger partial charge >= 0.3 is 12.0 Å². The van der Waals surface area contributed by atoms with Crippen LogP contribution in [0.4, 0.5) is 4.79 Å². The van der Waals surface area contributed by atoms with E-state index < -0.39 is 24.5 Å². The Hall–Kier alpha value is -3.46. The van der Waals surface area contributed by atoms with E-state index >= 15 is 0 Å². The van der Waals surface area contributed by atoms with Crippen molar-refractivity contribution in [3.63, 3.8) is 0 Å². The standard InChI is InChI=1S/C20H18N4O4S/c25-17(24-9-8-21-20(24)27)13-28-19(26)15-12-23(11-14-5-2-1-3-6-14)22-18(15)16-7-4-10-29-16/h1-7,10,12H,8-9,11,13H2,(H,21,27). The number of nitrogens with one attached hydrogen (secondary N) is 1. The number of imide groups is 1. The summed E-state index contributed by atoms with van der Waals surface area (Å²) in [6.45, 7) is 0.664. The van der Waals surface area contributed by atoms with Crippen molar-refractivity contribution < 1.29 is 19.1 Å². The highest BCUT2D eigenvalue weighted by Crippen LogP contribution is 2.27. The summed E-state index contributed by atoms with van der Waals surface area (Å²) in [5.74, 6) is -1.21. The van der Waals surface area contributed by atoms with Gasteiger partial charge in [0.05, 0.1) is 11.4 Å². The Bertz CT molecular complexity index is 1030. The lowest BCUT2D eigenvalue weighted by Gasteiger charge is -2.11. The maximum atomic E-state index is 12.7. The number of ether oxygens (including phenoxy) is 1. The van der Waals surface area contributed by atoms with Crippen LogP contribution in [-0.2, 0) is 16.1 Å². The Morgan fingerprint density at radius 3 is 2.69 bits per heavy atom. The van der Waals surface area contributed by atoms with E-state index in [9.17, 15) is 14.4 Å². The minimum absolute atomic E-state index is 0.269. The maximum Gasteiger partial charge on any atom is 0.342 e. The number of urea groups is 1.